The summed E-state index contributed by atoms with van der Waals surface area (Å²) in [6.45, 7) is 0. The predicted molar refractivity (Wildman–Crippen MR) is 43.4 cm³/mol. The van der Waals surface area contributed by atoms with Crippen LogP contribution in [-0.2, 0) is 11.8 Å². The highest BCUT2D eigenvalue weighted by molar-refractivity contribution is 5.79. The number of aromatic nitrogens is 2. The summed E-state index contributed by atoms with van der Waals surface area (Å²) in [6, 6.07) is 0. The summed E-state index contributed by atoms with van der Waals surface area (Å²) in [4.78, 5) is 10.5. The van der Waals surface area contributed by atoms with Crippen LogP contribution in [0.4, 0.5) is 0 Å². The lowest BCUT2D eigenvalue weighted by Crippen LogP contribution is -2.33. The van der Waals surface area contributed by atoms with Crippen molar-refractivity contribution < 1.29 is 15.0 Å². The summed E-state index contributed by atoms with van der Waals surface area (Å²) in [6.07, 6.45) is -0.0522. The van der Waals surface area contributed by atoms with Gasteiger partial charge in [0.05, 0.1) is 6.20 Å². The molecule has 1 heterocycles. The van der Waals surface area contributed by atoms with Crippen molar-refractivity contribution in [1.29, 1.82) is 0 Å². The van der Waals surface area contributed by atoms with Gasteiger partial charge in [-0.15, -0.1) is 0 Å². The molecule has 4 N–H and O–H groups in total. The van der Waals surface area contributed by atoms with Crippen molar-refractivity contribution in [2.24, 2.45) is 12.8 Å². The molecule has 1 aromatic heterocycles. The third-order valence-electron chi connectivity index (χ3n) is 1.66. The highest BCUT2D eigenvalue weighted by atomic mass is 16.3. The monoisotopic (exact) mass is 185 g/mol. The minimum Gasteiger partial charge on any atom is -0.385 e. The second-order valence-electron chi connectivity index (χ2n) is 2.74. The number of carbonyl (C=O) groups excluding carboxylic acids is 1. The van der Waals surface area contributed by atoms with Gasteiger partial charge in [0.2, 0.25) is 5.91 Å². The van der Waals surface area contributed by atoms with E-state index in [0.29, 0.717) is 5.56 Å². The number of hydrogen-bond donors (Lipinski definition) is 3. The second kappa shape index (κ2) is 3.55. The molecule has 0 spiro atoms. The number of aliphatic hydroxyl groups is 2. The van der Waals surface area contributed by atoms with Crippen LogP contribution in [0.1, 0.15) is 11.7 Å². The maximum Gasteiger partial charge on any atom is 0.249 e. The molecule has 13 heavy (non-hydrogen) atoms. The minimum atomic E-state index is -1.59. The quantitative estimate of drug-likeness (QED) is 0.522. The highest BCUT2D eigenvalue weighted by Crippen LogP contribution is 2.14. The molecule has 0 saturated carbocycles. The van der Waals surface area contributed by atoms with Crippen molar-refractivity contribution in [3.63, 3.8) is 0 Å². The SMILES string of the molecule is Cn1cc(C(O)C(O)C(N)=O)cn1. The number of aryl methyl sites for hydroxylation is 1. The average Bonchev–Trinajstić information content (AvgIpc) is 2.49. The van der Waals surface area contributed by atoms with Gasteiger partial charge in [-0.05, 0) is 0 Å². The molecule has 1 aromatic rings. The molecule has 0 aliphatic rings. The standard InChI is InChI=1S/C7H11N3O3/c1-10-3-4(2-9-10)5(11)6(12)7(8)13/h2-3,5-6,11-12H,1H3,(H2,8,13). The van der Waals surface area contributed by atoms with Gasteiger partial charge in [-0.1, -0.05) is 0 Å². The van der Waals surface area contributed by atoms with Gasteiger partial charge in [-0.3, -0.25) is 9.48 Å². The Morgan fingerprint density at radius 2 is 2.31 bits per heavy atom. The number of aliphatic hydroxyl groups excluding tert-OH is 2. The Morgan fingerprint density at radius 1 is 1.69 bits per heavy atom. The number of rotatable bonds is 3. The van der Waals surface area contributed by atoms with Crippen LogP contribution in [0.25, 0.3) is 0 Å². The number of carbonyl (C=O) groups is 1. The summed E-state index contributed by atoms with van der Waals surface area (Å²) in [5.74, 6) is -0.962. The van der Waals surface area contributed by atoms with E-state index in [0.717, 1.165) is 0 Å². The lowest BCUT2D eigenvalue weighted by molar-refractivity contribution is -0.131. The van der Waals surface area contributed by atoms with E-state index in [1.54, 1.807) is 7.05 Å². The fourth-order valence-electron chi connectivity index (χ4n) is 0.931. The maximum atomic E-state index is 10.5. The number of primary amides is 1. The Bertz CT molecular complexity index is 310. The lowest BCUT2D eigenvalue weighted by atomic mass is 10.1. The van der Waals surface area contributed by atoms with Crippen LogP contribution in [0.5, 0.6) is 0 Å². The van der Waals surface area contributed by atoms with Crippen molar-refractivity contribution in [3.05, 3.63) is 18.0 Å². The van der Waals surface area contributed by atoms with Crippen LogP contribution in [-0.4, -0.2) is 32.0 Å². The molecule has 0 radical (unpaired) electrons. The van der Waals surface area contributed by atoms with Crippen molar-refractivity contribution in [3.8, 4) is 0 Å². The third-order valence-corrected chi connectivity index (χ3v) is 1.66. The minimum absolute atomic E-state index is 0.355. The van der Waals surface area contributed by atoms with Crippen molar-refractivity contribution in [2.45, 2.75) is 12.2 Å². The third kappa shape index (κ3) is 2.04. The van der Waals surface area contributed by atoms with E-state index in [2.05, 4.69) is 5.10 Å². The fraction of sp³-hybridized carbons (Fsp3) is 0.429. The summed E-state index contributed by atoms with van der Waals surface area (Å²) < 4.78 is 1.45. The van der Waals surface area contributed by atoms with Crippen LogP contribution in [0.2, 0.25) is 0 Å². The van der Waals surface area contributed by atoms with E-state index < -0.39 is 18.1 Å². The molecule has 0 bridgehead atoms. The summed E-state index contributed by atoms with van der Waals surface area (Å²) in [7, 11) is 1.66. The molecule has 0 saturated heterocycles. The van der Waals surface area contributed by atoms with Gasteiger partial charge in [-0.2, -0.15) is 5.10 Å². The van der Waals surface area contributed by atoms with E-state index in [1.165, 1.54) is 17.1 Å². The Labute approximate surface area is 74.6 Å². The fourth-order valence-corrected chi connectivity index (χ4v) is 0.931. The molecular weight excluding hydrogens is 174 g/mol. The predicted octanol–water partition coefficient (Wildman–Crippen LogP) is -1.70. The highest BCUT2D eigenvalue weighted by Gasteiger charge is 2.24. The molecule has 1 amide bonds. The van der Waals surface area contributed by atoms with Crippen LogP contribution < -0.4 is 5.73 Å². The van der Waals surface area contributed by atoms with Crippen LogP contribution in [0.15, 0.2) is 12.4 Å². The van der Waals surface area contributed by atoms with Crippen LogP contribution in [0.3, 0.4) is 0 Å². The maximum absolute atomic E-state index is 10.5. The Morgan fingerprint density at radius 3 is 2.69 bits per heavy atom. The largest absolute Gasteiger partial charge is 0.385 e. The lowest BCUT2D eigenvalue weighted by Gasteiger charge is -2.12. The van der Waals surface area contributed by atoms with Crippen LogP contribution in [0, 0.1) is 0 Å². The Kier molecular flexibility index (Phi) is 2.64. The van der Waals surface area contributed by atoms with Crippen molar-refractivity contribution in [2.75, 3.05) is 0 Å². The number of amides is 1. The Balaban J connectivity index is 2.78. The molecule has 0 aliphatic carbocycles. The first-order chi connectivity index (χ1) is 6.02. The normalized spacial score (nSPS) is 15.3. The molecule has 72 valence electrons. The molecule has 2 unspecified atom stereocenters. The first-order valence-electron chi connectivity index (χ1n) is 3.66. The van der Waals surface area contributed by atoms with Crippen molar-refractivity contribution >= 4 is 5.91 Å². The zero-order chi connectivity index (χ0) is 10.0. The van der Waals surface area contributed by atoms with E-state index >= 15 is 0 Å². The van der Waals surface area contributed by atoms with E-state index in [-0.39, 0.29) is 0 Å². The van der Waals surface area contributed by atoms with Gasteiger partial charge < -0.3 is 15.9 Å². The first-order valence-corrected chi connectivity index (χ1v) is 3.66. The topological polar surface area (TPSA) is 101 Å². The van der Waals surface area contributed by atoms with Crippen LogP contribution >= 0.6 is 0 Å². The smallest absolute Gasteiger partial charge is 0.249 e. The molecule has 6 nitrogen and oxygen atoms in total. The Hall–Kier alpha value is -1.40. The van der Waals surface area contributed by atoms with Gasteiger partial charge in [0, 0.05) is 18.8 Å². The average molecular weight is 185 g/mol. The van der Waals surface area contributed by atoms with Gasteiger partial charge in [0.1, 0.15) is 6.10 Å². The van der Waals surface area contributed by atoms with Gasteiger partial charge in [0.15, 0.2) is 6.10 Å². The molecular formula is C7H11N3O3. The molecule has 2 atom stereocenters. The zero-order valence-electron chi connectivity index (χ0n) is 7.08. The second-order valence-corrected chi connectivity index (χ2v) is 2.74. The molecule has 0 fully saturated rings. The van der Waals surface area contributed by atoms with Crippen molar-refractivity contribution in [1.82, 2.24) is 9.78 Å². The number of nitrogens with two attached hydrogens (primary N) is 1. The van der Waals surface area contributed by atoms with Gasteiger partial charge in [0.25, 0.3) is 0 Å². The van der Waals surface area contributed by atoms with E-state index in [9.17, 15) is 9.90 Å². The van der Waals surface area contributed by atoms with E-state index in [4.69, 9.17) is 10.8 Å². The number of hydrogen-bond acceptors (Lipinski definition) is 4. The molecule has 0 aliphatic heterocycles. The molecule has 6 heteroatoms. The van der Waals surface area contributed by atoms with Gasteiger partial charge >= 0.3 is 0 Å². The summed E-state index contributed by atoms with van der Waals surface area (Å²) in [5, 5.41) is 22.2. The van der Waals surface area contributed by atoms with Gasteiger partial charge in [-0.25, -0.2) is 0 Å². The zero-order valence-corrected chi connectivity index (χ0v) is 7.08. The molecule has 1 rings (SSSR count). The molecule has 0 aromatic carbocycles. The summed E-state index contributed by atoms with van der Waals surface area (Å²) >= 11 is 0. The summed E-state index contributed by atoms with van der Waals surface area (Å²) in [5.41, 5.74) is 5.16. The number of nitrogens with zero attached hydrogens (tertiary/aromatic N) is 2. The first kappa shape index (κ1) is 9.69. The van der Waals surface area contributed by atoms with E-state index in [1.807, 2.05) is 0 Å².